The lowest BCUT2D eigenvalue weighted by Crippen LogP contribution is -2.00. The van der Waals surface area contributed by atoms with Gasteiger partial charge in [-0.25, -0.2) is 15.0 Å². The summed E-state index contributed by atoms with van der Waals surface area (Å²) >= 11 is 0. The number of aromatic nitrogens is 4. The molecule has 11 rings (SSSR count). The number of benzene rings is 9. The topological polar surface area (TPSA) is 67.4 Å². The Bertz CT molecular complexity index is 3340. The van der Waals surface area contributed by atoms with Crippen molar-refractivity contribution in [2.45, 2.75) is 0 Å². The fourth-order valence-electron chi connectivity index (χ4n) is 8.42. The molecule has 0 aliphatic rings. The second-order valence-corrected chi connectivity index (χ2v) is 14.3. The molecule has 11 aromatic rings. The molecule has 0 aliphatic heterocycles. The van der Waals surface area contributed by atoms with Gasteiger partial charge in [0.2, 0.25) is 0 Å². The van der Waals surface area contributed by atoms with Crippen molar-refractivity contribution in [2.24, 2.45) is 0 Å². The van der Waals surface area contributed by atoms with Gasteiger partial charge in [-0.3, -0.25) is 0 Å². The average Bonchev–Trinajstić information content (AvgIpc) is 3.62. The molecule has 0 saturated heterocycles. The van der Waals surface area contributed by atoms with E-state index in [-0.39, 0.29) is 0 Å². The van der Waals surface area contributed by atoms with Gasteiger partial charge >= 0.3 is 0 Å². The van der Waals surface area contributed by atoms with Crippen LogP contribution in [0, 0.1) is 11.3 Å². The summed E-state index contributed by atoms with van der Waals surface area (Å²) < 4.78 is 2.29. The molecule has 5 heteroatoms. The summed E-state index contributed by atoms with van der Waals surface area (Å²) in [6, 6.07) is 67.6. The van der Waals surface area contributed by atoms with Crippen molar-refractivity contribution in [3.8, 4) is 57.0 Å². The number of nitriles is 1. The van der Waals surface area contributed by atoms with Gasteiger partial charge in [0.25, 0.3) is 0 Å². The van der Waals surface area contributed by atoms with Gasteiger partial charge in [-0.2, -0.15) is 5.26 Å². The predicted octanol–water partition coefficient (Wildman–Crippen LogP) is 13.0. The van der Waals surface area contributed by atoms with Crippen molar-refractivity contribution < 1.29 is 0 Å². The van der Waals surface area contributed by atoms with E-state index >= 15 is 0 Å². The van der Waals surface area contributed by atoms with E-state index < -0.39 is 0 Å². The number of hydrogen-bond acceptors (Lipinski definition) is 4. The molecule has 0 spiro atoms. The molecule has 0 radical (unpaired) electrons. The third-order valence-corrected chi connectivity index (χ3v) is 11.0. The Morgan fingerprint density at radius 1 is 0.351 bits per heavy atom. The van der Waals surface area contributed by atoms with Crippen LogP contribution < -0.4 is 0 Å². The third kappa shape index (κ3) is 5.35. The molecular weight excluding hydrogens is 695 g/mol. The average molecular weight is 726 g/mol. The number of fused-ring (bicyclic) bond motifs is 8. The molecule has 0 unspecified atom stereocenters. The van der Waals surface area contributed by atoms with E-state index in [1.807, 2.05) is 78.9 Å². The van der Waals surface area contributed by atoms with E-state index in [9.17, 15) is 5.26 Å². The molecule has 5 nitrogen and oxygen atoms in total. The van der Waals surface area contributed by atoms with Crippen LogP contribution in [0.25, 0.3) is 105 Å². The van der Waals surface area contributed by atoms with Gasteiger partial charge in [0, 0.05) is 33.2 Å². The molecule has 0 saturated carbocycles. The quantitative estimate of drug-likeness (QED) is 0.166. The van der Waals surface area contributed by atoms with Gasteiger partial charge < -0.3 is 4.57 Å². The molecule has 0 N–H and O–H groups in total. The van der Waals surface area contributed by atoms with E-state index in [4.69, 9.17) is 15.0 Å². The van der Waals surface area contributed by atoms with Crippen LogP contribution in [0.15, 0.2) is 188 Å². The van der Waals surface area contributed by atoms with E-state index in [1.165, 1.54) is 0 Å². The van der Waals surface area contributed by atoms with Gasteiger partial charge in [-0.15, -0.1) is 0 Å². The lowest BCUT2D eigenvalue weighted by Gasteiger charge is -2.16. The normalized spacial score (nSPS) is 11.5. The fourth-order valence-corrected chi connectivity index (χ4v) is 8.42. The summed E-state index contributed by atoms with van der Waals surface area (Å²) in [6.45, 7) is 0. The van der Waals surface area contributed by atoms with Crippen LogP contribution >= 0.6 is 0 Å². The second-order valence-electron chi connectivity index (χ2n) is 14.3. The van der Waals surface area contributed by atoms with Crippen LogP contribution in [0.4, 0.5) is 0 Å². The summed E-state index contributed by atoms with van der Waals surface area (Å²) in [5.41, 5.74) is 8.97. The minimum atomic E-state index is 0.631. The first kappa shape index (κ1) is 32.5. The van der Waals surface area contributed by atoms with Crippen LogP contribution in [-0.4, -0.2) is 19.5 Å². The Morgan fingerprint density at radius 3 is 1.42 bits per heavy atom. The molecular formula is C52H31N5. The maximum absolute atomic E-state index is 9.89. The minimum Gasteiger partial charge on any atom is -0.309 e. The standard InChI is InChI=1S/C52H31N5/c53-32-33-24-26-48-45(28-33)46-29-36(25-27-49(46)57(48)37-18-8-3-9-19-37)42-30-43-40-22-12-13-23-41(40)47(31-44(43)39-21-11-10-20-38(39)42)52-55-50(34-14-4-1-5-15-34)54-51(56-52)35-16-6-2-7-17-35/h1-31H. The lowest BCUT2D eigenvalue weighted by molar-refractivity contribution is 1.08. The van der Waals surface area contributed by atoms with Gasteiger partial charge in [0.1, 0.15) is 0 Å². The van der Waals surface area contributed by atoms with Gasteiger partial charge in [0.15, 0.2) is 17.5 Å². The molecule has 2 aromatic heterocycles. The molecule has 0 aliphatic carbocycles. The van der Waals surface area contributed by atoms with Gasteiger partial charge in [0.05, 0.1) is 22.7 Å². The highest BCUT2D eigenvalue weighted by molar-refractivity contribution is 6.24. The van der Waals surface area contributed by atoms with Crippen molar-refractivity contribution in [1.29, 1.82) is 5.26 Å². The van der Waals surface area contributed by atoms with Crippen LogP contribution in [-0.2, 0) is 0 Å². The highest BCUT2D eigenvalue weighted by atomic mass is 15.0. The Labute approximate surface area is 328 Å². The molecule has 264 valence electrons. The lowest BCUT2D eigenvalue weighted by atomic mass is 9.88. The summed E-state index contributed by atoms with van der Waals surface area (Å²) in [7, 11) is 0. The number of para-hydroxylation sites is 1. The minimum absolute atomic E-state index is 0.631. The third-order valence-electron chi connectivity index (χ3n) is 11.0. The van der Waals surface area contributed by atoms with E-state index in [2.05, 4.69) is 120 Å². The Kier molecular flexibility index (Phi) is 7.48. The van der Waals surface area contributed by atoms with Crippen LogP contribution in [0.5, 0.6) is 0 Å². The smallest absolute Gasteiger partial charge is 0.164 e. The van der Waals surface area contributed by atoms with E-state index in [0.717, 1.165) is 87.6 Å². The molecule has 0 bridgehead atoms. The summed E-state index contributed by atoms with van der Waals surface area (Å²) in [6.07, 6.45) is 0. The maximum Gasteiger partial charge on any atom is 0.164 e. The van der Waals surface area contributed by atoms with Crippen molar-refractivity contribution in [2.75, 3.05) is 0 Å². The predicted molar refractivity (Wildman–Crippen MR) is 233 cm³/mol. The first-order valence-electron chi connectivity index (χ1n) is 19.0. The van der Waals surface area contributed by atoms with Crippen LogP contribution in [0.2, 0.25) is 0 Å². The highest BCUT2D eigenvalue weighted by Gasteiger charge is 2.20. The second kappa shape index (κ2) is 13.1. The summed E-state index contributed by atoms with van der Waals surface area (Å²) in [4.78, 5) is 15.3. The van der Waals surface area contributed by atoms with Crippen molar-refractivity contribution in [3.63, 3.8) is 0 Å². The first-order chi connectivity index (χ1) is 28.2. The first-order valence-corrected chi connectivity index (χ1v) is 19.0. The number of rotatable bonds is 5. The van der Waals surface area contributed by atoms with Crippen molar-refractivity contribution >= 4 is 54.1 Å². The Balaban J connectivity index is 1.17. The zero-order chi connectivity index (χ0) is 37.9. The molecule has 9 aromatic carbocycles. The number of nitrogens with zero attached hydrogens (tertiary/aromatic N) is 5. The van der Waals surface area contributed by atoms with Crippen LogP contribution in [0.1, 0.15) is 5.56 Å². The molecule has 0 fully saturated rings. The highest BCUT2D eigenvalue weighted by Crippen LogP contribution is 2.43. The summed E-state index contributed by atoms with van der Waals surface area (Å²) in [5, 5.41) is 18.8. The maximum atomic E-state index is 9.89. The fraction of sp³-hybridized carbons (Fsp3) is 0. The molecule has 0 atom stereocenters. The largest absolute Gasteiger partial charge is 0.309 e. The molecule has 0 amide bonds. The van der Waals surface area contributed by atoms with E-state index in [1.54, 1.807) is 0 Å². The Hall–Kier alpha value is -7.94. The monoisotopic (exact) mass is 725 g/mol. The van der Waals surface area contributed by atoms with E-state index in [0.29, 0.717) is 23.0 Å². The van der Waals surface area contributed by atoms with Crippen molar-refractivity contribution in [1.82, 2.24) is 19.5 Å². The number of hydrogen-bond donors (Lipinski definition) is 0. The van der Waals surface area contributed by atoms with Gasteiger partial charge in [-0.1, -0.05) is 133 Å². The van der Waals surface area contributed by atoms with Crippen LogP contribution in [0.3, 0.4) is 0 Å². The van der Waals surface area contributed by atoms with Crippen molar-refractivity contribution in [3.05, 3.63) is 194 Å². The SMILES string of the molecule is N#Cc1ccc2c(c1)c1cc(-c3cc4c5ccccc5c(-c5nc(-c6ccccc6)nc(-c6ccccc6)n5)cc4c4ccccc34)ccc1n2-c1ccccc1. The molecule has 2 heterocycles. The molecule has 57 heavy (non-hydrogen) atoms. The summed E-state index contributed by atoms with van der Waals surface area (Å²) in [5.74, 6) is 1.90. The van der Waals surface area contributed by atoms with Gasteiger partial charge in [-0.05, 0) is 98.0 Å². The zero-order valence-electron chi connectivity index (χ0n) is 30.6. The Morgan fingerprint density at radius 2 is 0.825 bits per heavy atom. The zero-order valence-corrected chi connectivity index (χ0v) is 30.6.